The summed E-state index contributed by atoms with van der Waals surface area (Å²) < 4.78 is 5.43. The quantitative estimate of drug-likeness (QED) is 0.804. The molecule has 0 spiro atoms. The fraction of sp³-hybridized carbons (Fsp3) is 0.300. The van der Waals surface area contributed by atoms with Crippen molar-refractivity contribution in [3.8, 4) is 11.6 Å². The lowest BCUT2D eigenvalue weighted by atomic mass is 10.3. The SMILES string of the molecule is NCCCc1nnc(-c2ccccn2)o1. The second-order valence-electron chi connectivity index (χ2n) is 3.11. The van der Waals surface area contributed by atoms with E-state index < -0.39 is 0 Å². The second kappa shape index (κ2) is 4.65. The highest BCUT2D eigenvalue weighted by Gasteiger charge is 2.08. The summed E-state index contributed by atoms with van der Waals surface area (Å²) in [7, 11) is 0. The van der Waals surface area contributed by atoms with Crippen molar-refractivity contribution in [1.29, 1.82) is 0 Å². The van der Waals surface area contributed by atoms with E-state index in [0.29, 0.717) is 24.0 Å². The minimum Gasteiger partial charge on any atom is -0.419 e. The highest BCUT2D eigenvalue weighted by atomic mass is 16.4. The van der Waals surface area contributed by atoms with Gasteiger partial charge in [-0.15, -0.1) is 10.2 Å². The fourth-order valence-electron chi connectivity index (χ4n) is 1.20. The molecule has 0 atom stereocenters. The smallest absolute Gasteiger partial charge is 0.266 e. The van der Waals surface area contributed by atoms with Gasteiger partial charge in [-0.1, -0.05) is 6.07 Å². The van der Waals surface area contributed by atoms with Crippen LogP contribution in [-0.2, 0) is 6.42 Å². The van der Waals surface area contributed by atoms with E-state index in [9.17, 15) is 0 Å². The first-order valence-corrected chi connectivity index (χ1v) is 4.84. The Morgan fingerprint density at radius 1 is 1.27 bits per heavy atom. The van der Waals surface area contributed by atoms with Crippen molar-refractivity contribution in [2.24, 2.45) is 5.73 Å². The Morgan fingerprint density at radius 3 is 2.93 bits per heavy atom. The molecular formula is C10H12N4O. The Labute approximate surface area is 87.3 Å². The molecule has 15 heavy (non-hydrogen) atoms. The molecule has 0 saturated heterocycles. The molecule has 2 aromatic rings. The summed E-state index contributed by atoms with van der Waals surface area (Å²) in [6.07, 6.45) is 3.26. The summed E-state index contributed by atoms with van der Waals surface area (Å²) in [6, 6.07) is 5.56. The molecule has 0 radical (unpaired) electrons. The van der Waals surface area contributed by atoms with E-state index in [1.54, 1.807) is 6.20 Å². The largest absolute Gasteiger partial charge is 0.419 e. The highest BCUT2D eigenvalue weighted by molar-refractivity contribution is 5.44. The Bertz CT molecular complexity index is 412. The lowest BCUT2D eigenvalue weighted by molar-refractivity contribution is 0.497. The fourth-order valence-corrected chi connectivity index (χ4v) is 1.20. The molecule has 0 fully saturated rings. The van der Waals surface area contributed by atoms with Gasteiger partial charge in [-0.25, -0.2) is 0 Å². The van der Waals surface area contributed by atoms with Crippen LogP contribution in [0.4, 0.5) is 0 Å². The minimum atomic E-state index is 0.461. The third-order valence-electron chi connectivity index (χ3n) is 1.95. The van der Waals surface area contributed by atoms with Gasteiger partial charge in [-0.3, -0.25) is 4.98 Å². The third-order valence-corrected chi connectivity index (χ3v) is 1.95. The zero-order valence-electron chi connectivity index (χ0n) is 8.26. The van der Waals surface area contributed by atoms with Crippen LogP contribution in [0.15, 0.2) is 28.8 Å². The van der Waals surface area contributed by atoms with E-state index in [-0.39, 0.29) is 0 Å². The van der Waals surface area contributed by atoms with Gasteiger partial charge in [0.1, 0.15) is 5.69 Å². The molecule has 0 amide bonds. The van der Waals surface area contributed by atoms with Crippen molar-refractivity contribution in [3.05, 3.63) is 30.3 Å². The molecule has 2 rings (SSSR count). The zero-order valence-corrected chi connectivity index (χ0v) is 8.26. The molecule has 2 heterocycles. The van der Waals surface area contributed by atoms with Gasteiger partial charge in [-0.2, -0.15) is 0 Å². The van der Waals surface area contributed by atoms with Crippen LogP contribution in [0.2, 0.25) is 0 Å². The Hall–Kier alpha value is -1.75. The van der Waals surface area contributed by atoms with Crippen molar-refractivity contribution in [1.82, 2.24) is 15.2 Å². The number of aromatic nitrogens is 3. The molecule has 2 aromatic heterocycles. The lowest BCUT2D eigenvalue weighted by Gasteiger charge is -1.92. The predicted octanol–water partition coefficient (Wildman–Crippen LogP) is 1.02. The average Bonchev–Trinajstić information content (AvgIpc) is 2.76. The Morgan fingerprint density at radius 2 is 2.20 bits per heavy atom. The van der Waals surface area contributed by atoms with E-state index in [0.717, 1.165) is 12.8 Å². The maximum absolute atomic E-state index is 5.43. The molecule has 5 heteroatoms. The van der Waals surface area contributed by atoms with Crippen LogP contribution in [0.25, 0.3) is 11.6 Å². The van der Waals surface area contributed by atoms with Crippen molar-refractivity contribution >= 4 is 0 Å². The van der Waals surface area contributed by atoms with E-state index >= 15 is 0 Å². The topological polar surface area (TPSA) is 77.8 Å². The summed E-state index contributed by atoms with van der Waals surface area (Å²) in [4.78, 5) is 4.12. The molecule has 78 valence electrons. The normalized spacial score (nSPS) is 10.5. The maximum atomic E-state index is 5.43. The molecule has 5 nitrogen and oxygen atoms in total. The van der Waals surface area contributed by atoms with Crippen molar-refractivity contribution < 1.29 is 4.42 Å². The summed E-state index contributed by atoms with van der Waals surface area (Å²) in [5.41, 5.74) is 6.09. The van der Waals surface area contributed by atoms with E-state index in [2.05, 4.69) is 15.2 Å². The molecule has 0 saturated carbocycles. The molecule has 0 aliphatic heterocycles. The lowest BCUT2D eigenvalue weighted by Crippen LogP contribution is -2.00. The summed E-state index contributed by atoms with van der Waals surface area (Å²) in [6.45, 7) is 0.626. The molecule has 0 bridgehead atoms. The van der Waals surface area contributed by atoms with Gasteiger partial charge in [0.05, 0.1) is 0 Å². The van der Waals surface area contributed by atoms with Crippen molar-refractivity contribution in [2.45, 2.75) is 12.8 Å². The number of aryl methyl sites for hydroxylation is 1. The van der Waals surface area contributed by atoms with Gasteiger partial charge in [-0.05, 0) is 25.1 Å². The van der Waals surface area contributed by atoms with Crippen LogP contribution in [0.3, 0.4) is 0 Å². The molecule has 0 aliphatic carbocycles. The van der Waals surface area contributed by atoms with Crippen molar-refractivity contribution in [2.75, 3.05) is 6.54 Å². The average molecular weight is 204 g/mol. The Kier molecular flexibility index (Phi) is 3.04. The van der Waals surface area contributed by atoms with Gasteiger partial charge in [0, 0.05) is 12.6 Å². The number of nitrogens with zero attached hydrogens (tertiary/aromatic N) is 3. The van der Waals surface area contributed by atoms with Crippen LogP contribution in [0.1, 0.15) is 12.3 Å². The number of hydrogen-bond acceptors (Lipinski definition) is 5. The second-order valence-corrected chi connectivity index (χ2v) is 3.11. The van der Waals surface area contributed by atoms with Gasteiger partial charge in [0.25, 0.3) is 5.89 Å². The number of nitrogens with two attached hydrogens (primary N) is 1. The molecular weight excluding hydrogens is 192 g/mol. The van der Waals surface area contributed by atoms with Crippen LogP contribution in [0, 0.1) is 0 Å². The highest BCUT2D eigenvalue weighted by Crippen LogP contribution is 2.14. The van der Waals surface area contributed by atoms with Gasteiger partial charge in [0.15, 0.2) is 0 Å². The molecule has 2 N–H and O–H groups in total. The minimum absolute atomic E-state index is 0.461. The third kappa shape index (κ3) is 2.38. The maximum Gasteiger partial charge on any atom is 0.266 e. The van der Waals surface area contributed by atoms with E-state index in [1.807, 2.05) is 18.2 Å². The van der Waals surface area contributed by atoms with Crippen molar-refractivity contribution in [3.63, 3.8) is 0 Å². The zero-order chi connectivity index (χ0) is 10.5. The van der Waals surface area contributed by atoms with Gasteiger partial charge in [0.2, 0.25) is 5.89 Å². The number of pyridine rings is 1. The summed E-state index contributed by atoms with van der Waals surface area (Å²) >= 11 is 0. The van der Waals surface area contributed by atoms with Crippen LogP contribution in [-0.4, -0.2) is 21.7 Å². The first-order chi connectivity index (χ1) is 7.40. The number of rotatable bonds is 4. The Balaban J connectivity index is 2.14. The molecule has 0 aliphatic rings. The number of hydrogen-bond donors (Lipinski definition) is 1. The summed E-state index contributed by atoms with van der Waals surface area (Å²) in [5, 5.41) is 7.84. The standard InChI is InChI=1S/C10H12N4O/c11-6-3-5-9-13-14-10(15-9)8-4-1-2-7-12-8/h1-2,4,7H,3,5-6,11H2. The van der Waals surface area contributed by atoms with E-state index in [1.165, 1.54) is 0 Å². The molecule has 0 unspecified atom stereocenters. The van der Waals surface area contributed by atoms with Crippen LogP contribution >= 0.6 is 0 Å². The molecule has 0 aromatic carbocycles. The summed E-state index contributed by atoms with van der Waals surface area (Å²) in [5.74, 6) is 1.07. The van der Waals surface area contributed by atoms with E-state index in [4.69, 9.17) is 10.2 Å². The van der Waals surface area contributed by atoms with Gasteiger partial charge >= 0.3 is 0 Å². The monoisotopic (exact) mass is 204 g/mol. The first-order valence-electron chi connectivity index (χ1n) is 4.84. The van der Waals surface area contributed by atoms with Crippen LogP contribution in [0.5, 0.6) is 0 Å². The van der Waals surface area contributed by atoms with Crippen LogP contribution < -0.4 is 5.73 Å². The first kappa shape index (κ1) is 9.79. The predicted molar refractivity (Wildman–Crippen MR) is 54.9 cm³/mol. The van der Waals surface area contributed by atoms with Gasteiger partial charge < -0.3 is 10.2 Å².